The van der Waals surface area contributed by atoms with Gasteiger partial charge in [-0.25, -0.2) is 0 Å². The van der Waals surface area contributed by atoms with E-state index >= 15 is 0 Å². The highest BCUT2D eigenvalue weighted by Gasteiger charge is 2.24. The van der Waals surface area contributed by atoms with Crippen molar-refractivity contribution in [1.29, 1.82) is 0 Å². The first-order chi connectivity index (χ1) is 13.8. The van der Waals surface area contributed by atoms with Crippen molar-refractivity contribution in [3.8, 4) is 11.1 Å². The lowest BCUT2D eigenvalue weighted by atomic mass is 9.77. The molecule has 0 heterocycles. The third-order valence-electron chi connectivity index (χ3n) is 5.87. The fraction of sp³-hybridized carbons (Fsp3) is 0.269. The van der Waals surface area contributed by atoms with Crippen LogP contribution in [0.5, 0.6) is 0 Å². The van der Waals surface area contributed by atoms with Gasteiger partial charge >= 0.3 is 0 Å². The molecule has 0 spiro atoms. The summed E-state index contributed by atoms with van der Waals surface area (Å²) in [6.07, 6.45) is 5.28. The molecule has 1 amide bonds. The van der Waals surface area contributed by atoms with E-state index in [9.17, 15) is 4.79 Å². The predicted octanol–water partition coefficient (Wildman–Crippen LogP) is 6.66. The summed E-state index contributed by atoms with van der Waals surface area (Å²) in [5.41, 5.74) is 4.68. The van der Waals surface area contributed by atoms with Crippen LogP contribution in [0.1, 0.15) is 43.6 Å². The van der Waals surface area contributed by atoms with E-state index in [0.29, 0.717) is 18.3 Å². The number of carbonyl (C=O) groups is 1. The molecule has 142 valence electrons. The van der Waals surface area contributed by atoms with Crippen molar-refractivity contribution in [3.63, 3.8) is 0 Å². The maximum Gasteiger partial charge on any atom is 0.224 e. The van der Waals surface area contributed by atoms with Gasteiger partial charge in [0.05, 0.1) is 0 Å². The number of hydrogen-bond donors (Lipinski definition) is 1. The third-order valence-corrected chi connectivity index (χ3v) is 5.87. The first-order valence-corrected chi connectivity index (χ1v) is 10.3. The smallest absolute Gasteiger partial charge is 0.224 e. The van der Waals surface area contributed by atoms with Gasteiger partial charge in [0.2, 0.25) is 5.91 Å². The Balaban J connectivity index is 1.27. The van der Waals surface area contributed by atoms with Crippen LogP contribution in [-0.4, -0.2) is 5.91 Å². The Morgan fingerprint density at radius 1 is 0.714 bits per heavy atom. The fourth-order valence-corrected chi connectivity index (χ4v) is 4.28. The van der Waals surface area contributed by atoms with Crippen molar-refractivity contribution < 1.29 is 4.79 Å². The first kappa shape index (κ1) is 18.5. The number of anilines is 1. The zero-order valence-corrected chi connectivity index (χ0v) is 16.2. The lowest BCUT2D eigenvalue weighted by Gasteiger charge is -2.28. The van der Waals surface area contributed by atoms with Crippen molar-refractivity contribution in [1.82, 2.24) is 0 Å². The molecule has 2 nitrogen and oxygen atoms in total. The number of nitrogens with one attached hydrogen (secondary N) is 1. The molecule has 1 saturated carbocycles. The SMILES string of the molecule is O=C(CC1CCC(c2ccccc2)CC1)Nc1ccc(-c2ccccc2)cc1. The second-order valence-electron chi connectivity index (χ2n) is 7.82. The topological polar surface area (TPSA) is 29.1 Å². The van der Waals surface area contributed by atoms with Crippen LogP contribution in [-0.2, 0) is 4.79 Å². The molecule has 0 bridgehead atoms. The van der Waals surface area contributed by atoms with E-state index in [1.54, 1.807) is 0 Å². The van der Waals surface area contributed by atoms with Gasteiger partial charge in [-0.1, -0.05) is 72.8 Å². The summed E-state index contributed by atoms with van der Waals surface area (Å²) in [5, 5.41) is 3.07. The number of benzene rings is 3. The molecule has 0 unspecified atom stereocenters. The van der Waals surface area contributed by atoms with Crippen molar-refractivity contribution in [2.24, 2.45) is 5.92 Å². The normalized spacial score (nSPS) is 19.1. The van der Waals surface area contributed by atoms with E-state index < -0.39 is 0 Å². The van der Waals surface area contributed by atoms with E-state index in [4.69, 9.17) is 0 Å². The van der Waals surface area contributed by atoms with Gasteiger partial charge in [-0.05, 0) is 66.3 Å². The Hall–Kier alpha value is -2.87. The van der Waals surface area contributed by atoms with Gasteiger partial charge < -0.3 is 5.32 Å². The van der Waals surface area contributed by atoms with Crippen LogP contribution in [0.25, 0.3) is 11.1 Å². The Morgan fingerprint density at radius 3 is 1.93 bits per heavy atom. The minimum absolute atomic E-state index is 0.135. The third kappa shape index (κ3) is 4.69. The number of amides is 1. The summed E-state index contributed by atoms with van der Waals surface area (Å²) in [7, 11) is 0. The Labute approximate surface area is 167 Å². The summed E-state index contributed by atoms with van der Waals surface area (Å²) < 4.78 is 0. The Morgan fingerprint density at radius 2 is 1.29 bits per heavy atom. The van der Waals surface area contributed by atoms with Gasteiger partial charge in [0.1, 0.15) is 0 Å². The molecular formula is C26H27NO. The quantitative estimate of drug-likeness (QED) is 0.535. The van der Waals surface area contributed by atoms with Gasteiger partial charge in [0, 0.05) is 12.1 Å². The minimum Gasteiger partial charge on any atom is -0.326 e. The van der Waals surface area contributed by atoms with Crippen LogP contribution in [0.2, 0.25) is 0 Å². The van der Waals surface area contributed by atoms with Crippen LogP contribution in [0, 0.1) is 5.92 Å². The van der Waals surface area contributed by atoms with E-state index in [2.05, 4.69) is 59.9 Å². The maximum absolute atomic E-state index is 12.5. The number of rotatable bonds is 5. The molecule has 1 fully saturated rings. The van der Waals surface area contributed by atoms with Crippen LogP contribution in [0.3, 0.4) is 0 Å². The highest BCUT2D eigenvalue weighted by Crippen LogP contribution is 2.37. The molecule has 2 heteroatoms. The van der Waals surface area contributed by atoms with E-state index in [0.717, 1.165) is 24.1 Å². The highest BCUT2D eigenvalue weighted by molar-refractivity contribution is 5.91. The second-order valence-corrected chi connectivity index (χ2v) is 7.82. The van der Waals surface area contributed by atoms with E-state index in [-0.39, 0.29) is 5.91 Å². The Kier molecular flexibility index (Phi) is 5.86. The zero-order valence-electron chi connectivity index (χ0n) is 16.2. The maximum atomic E-state index is 12.5. The van der Waals surface area contributed by atoms with Crippen LogP contribution >= 0.6 is 0 Å². The molecule has 1 aliphatic carbocycles. The van der Waals surface area contributed by atoms with Gasteiger partial charge in [-0.3, -0.25) is 4.79 Å². The predicted molar refractivity (Wildman–Crippen MR) is 116 cm³/mol. The van der Waals surface area contributed by atoms with Gasteiger partial charge in [-0.2, -0.15) is 0 Å². The molecule has 1 aliphatic rings. The molecular weight excluding hydrogens is 342 g/mol. The number of carbonyl (C=O) groups excluding carboxylic acids is 1. The van der Waals surface area contributed by atoms with Crippen molar-refractivity contribution in [3.05, 3.63) is 90.5 Å². The molecule has 28 heavy (non-hydrogen) atoms. The average molecular weight is 370 g/mol. The number of hydrogen-bond acceptors (Lipinski definition) is 1. The van der Waals surface area contributed by atoms with Crippen molar-refractivity contribution in [2.45, 2.75) is 38.0 Å². The standard InChI is InChI=1S/C26H27NO/c28-26(19-20-11-13-23(14-12-20)21-7-3-1-4-8-21)27-25-17-15-24(16-18-25)22-9-5-2-6-10-22/h1-10,15-18,20,23H,11-14,19H2,(H,27,28). The van der Waals surface area contributed by atoms with E-state index in [1.807, 2.05) is 30.3 Å². The largest absolute Gasteiger partial charge is 0.326 e. The molecule has 0 radical (unpaired) electrons. The molecule has 1 N–H and O–H groups in total. The lowest BCUT2D eigenvalue weighted by Crippen LogP contribution is -2.20. The average Bonchev–Trinajstić information content (AvgIpc) is 2.76. The van der Waals surface area contributed by atoms with E-state index in [1.165, 1.54) is 24.0 Å². The summed E-state index contributed by atoms with van der Waals surface area (Å²) in [5.74, 6) is 1.30. The monoisotopic (exact) mass is 369 g/mol. The molecule has 3 aromatic rings. The molecule has 3 aromatic carbocycles. The minimum atomic E-state index is 0.135. The molecule has 0 aromatic heterocycles. The van der Waals surface area contributed by atoms with Crippen molar-refractivity contribution in [2.75, 3.05) is 5.32 Å². The summed E-state index contributed by atoms with van der Waals surface area (Å²) in [6, 6.07) is 29.2. The second kappa shape index (κ2) is 8.88. The van der Waals surface area contributed by atoms with Crippen LogP contribution in [0.4, 0.5) is 5.69 Å². The molecule has 0 aliphatic heterocycles. The molecule has 4 rings (SSSR count). The van der Waals surface area contributed by atoms with Crippen molar-refractivity contribution >= 4 is 11.6 Å². The van der Waals surface area contributed by atoms with Crippen LogP contribution < -0.4 is 5.32 Å². The summed E-state index contributed by atoms with van der Waals surface area (Å²) in [4.78, 5) is 12.5. The Bertz CT molecular complexity index is 879. The summed E-state index contributed by atoms with van der Waals surface area (Å²) in [6.45, 7) is 0. The van der Waals surface area contributed by atoms with Gasteiger partial charge in [0.15, 0.2) is 0 Å². The molecule has 0 atom stereocenters. The lowest BCUT2D eigenvalue weighted by molar-refractivity contribution is -0.117. The zero-order chi connectivity index (χ0) is 19.2. The summed E-state index contributed by atoms with van der Waals surface area (Å²) >= 11 is 0. The van der Waals surface area contributed by atoms with Crippen LogP contribution in [0.15, 0.2) is 84.9 Å². The van der Waals surface area contributed by atoms with Gasteiger partial charge in [0.25, 0.3) is 0 Å². The highest BCUT2D eigenvalue weighted by atomic mass is 16.1. The molecule has 0 saturated heterocycles. The fourth-order valence-electron chi connectivity index (χ4n) is 4.28. The first-order valence-electron chi connectivity index (χ1n) is 10.3. The van der Waals surface area contributed by atoms with Gasteiger partial charge in [-0.15, -0.1) is 0 Å².